The van der Waals surface area contributed by atoms with E-state index in [4.69, 9.17) is 0 Å². The predicted molar refractivity (Wildman–Crippen MR) is 80.6 cm³/mol. The molecule has 0 aliphatic rings. The van der Waals surface area contributed by atoms with Crippen LogP contribution in [0.4, 0.5) is 5.13 Å². The van der Waals surface area contributed by atoms with Crippen LogP contribution in [0.5, 0.6) is 0 Å². The van der Waals surface area contributed by atoms with Crippen molar-refractivity contribution in [3.8, 4) is 0 Å². The van der Waals surface area contributed by atoms with Crippen molar-refractivity contribution in [1.29, 1.82) is 0 Å². The minimum absolute atomic E-state index is 0.253. The molecule has 108 valence electrons. The van der Waals surface area contributed by atoms with Crippen LogP contribution in [0.3, 0.4) is 0 Å². The van der Waals surface area contributed by atoms with Crippen molar-refractivity contribution in [2.75, 3.05) is 5.32 Å². The number of nitrogens with zero attached hydrogens (tertiary/aromatic N) is 5. The molecule has 0 fully saturated rings. The Morgan fingerprint density at radius 2 is 2.00 bits per heavy atom. The van der Waals surface area contributed by atoms with Gasteiger partial charge in [0.1, 0.15) is 5.82 Å². The van der Waals surface area contributed by atoms with Crippen molar-refractivity contribution in [2.24, 2.45) is 7.05 Å². The molecule has 21 heavy (non-hydrogen) atoms. The molecule has 3 heterocycles. The molecule has 0 aliphatic carbocycles. The third-order valence-electron chi connectivity index (χ3n) is 3.11. The first kappa shape index (κ1) is 13.6. The van der Waals surface area contributed by atoms with E-state index in [0.29, 0.717) is 22.2 Å². The average Bonchev–Trinajstić information content (AvgIpc) is 2.91. The molecule has 0 saturated carbocycles. The third-order valence-corrected chi connectivity index (χ3v) is 4.18. The molecule has 8 heteroatoms. The largest absolute Gasteiger partial charge is 0.298 e. The zero-order valence-electron chi connectivity index (χ0n) is 12.1. The zero-order valence-corrected chi connectivity index (χ0v) is 12.9. The highest BCUT2D eigenvalue weighted by molar-refractivity contribution is 7.22. The highest BCUT2D eigenvalue weighted by Crippen LogP contribution is 2.28. The Morgan fingerprint density at radius 3 is 2.67 bits per heavy atom. The quantitative estimate of drug-likeness (QED) is 0.782. The molecule has 3 aromatic rings. The van der Waals surface area contributed by atoms with Gasteiger partial charge in [-0.05, 0) is 20.8 Å². The van der Waals surface area contributed by atoms with Gasteiger partial charge in [-0.25, -0.2) is 14.6 Å². The number of fused-ring (bicyclic) bond motifs is 1. The molecule has 0 aromatic carbocycles. The summed E-state index contributed by atoms with van der Waals surface area (Å²) in [6.07, 6.45) is 1.53. The van der Waals surface area contributed by atoms with Crippen molar-refractivity contribution in [3.63, 3.8) is 0 Å². The first-order chi connectivity index (χ1) is 9.95. The Balaban J connectivity index is 1.90. The van der Waals surface area contributed by atoms with Crippen molar-refractivity contribution in [3.05, 3.63) is 29.0 Å². The molecular formula is C13H14N6OS. The number of anilines is 1. The zero-order chi connectivity index (χ0) is 15.1. The number of carbonyl (C=O) groups excluding carboxylic acids is 1. The minimum Gasteiger partial charge on any atom is -0.298 e. The molecule has 0 spiro atoms. The van der Waals surface area contributed by atoms with E-state index in [1.807, 2.05) is 14.0 Å². The Hall–Kier alpha value is -2.35. The summed E-state index contributed by atoms with van der Waals surface area (Å²) in [5.74, 6) is 0.392. The van der Waals surface area contributed by atoms with Gasteiger partial charge in [-0.2, -0.15) is 10.1 Å². The number of nitrogens with one attached hydrogen (secondary N) is 1. The van der Waals surface area contributed by atoms with Gasteiger partial charge in [-0.15, -0.1) is 0 Å². The molecule has 0 radical (unpaired) electrons. The van der Waals surface area contributed by atoms with E-state index in [2.05, 4.69) is 25.4 Å². The summed E-state index contributed by atoms with van der Waals surface area (Å²) in [7, 11) is 1.83. The van der Waals surface area contributed by atoms with E-state index >= 15 is 0 Å². The highest BCUT2D eigenvalue weighted by atomic mass is 32.1. The van der Waals surface area contributed by atoms with Crippen LogP contribution < -0.4 is 5.32 Å². The molecule has 1 amide bonds. The van der Waals surface area contributed by atoms with Gasteiger partial charge in [-0.3, -0.25) is 10.1 Å². The van der Waals surface area contributed by atoms with Gasteiger partial charge in [0.05, 0.1) is 21.7 Å². The Kier molecular flexibility index (Phi) is 3.17. The van der Waals surface area contributed by atoms with Crippen LogP contribution in [0.2, 0.25) is 0 Å². The van der Waals surface area contributed by atoms with Crippen LogP contribution in [-0.4, -0.2) is 30.6 Å². The molecule has 3 rings (SSSR count). The van der Waals surface area contributed by atoms with E-state index in [-0.39, 0.29) is 5.91 Å². The third kappa shape index (κ3) is 2.38. The van der Waals surface area contributed by atoms with Crippen molar-refractivity contribution < 1.29 is 4.79 Å². The van der Waals surface area contributed by atoms with Crippen molar-refractivity contribution in [1.82, 2.24) is 24.7 Å². The van der Waals surface area contributed by atoms with Crippen LogP contribution >= 0.6 is 11.3 Å². The number of hydrogen-bond acceptors (Lipinski definition) is 6. The fraction of sp³-hybridized carbons (Fsp3) is 0.308. The SMILES string of the molecule is Cc1ncc(C(=O)Nc2nc3c(s2)c(C)nn3C)c(C)n1. The van der Waals surface area contributed by atoms with Gasteiger partial charge in [0, 0.05) is 13.2 Å². The first-order valence-corrected chi connectivity index (χ1v) is 7.19. The maximum absolute atomic E-state index is 12.3. The fourth-order valence-electron chi connectivity index (χ4n) is 2.11. The lowest BCUT2D eigenvalue weighted by Gasteiger charge is -2.04. The number of aryl methyl sites for hydroxylation is 4. The molecule has 7 nitrogen and oxygen atoms in total. The van der Waals surface area contributed by atoms with Crippen LogP contribution in [0, 0.1) is 20.8 Å². The van der Waals surface area contributed by atoms with Gasteiger partial charge < -0.3 is 0 Å². The van der Waals surface area contributed by atoms with Crippen LogP contribution in [0.1, 0.15) is 27.6 Å². The second-order valence-electron chi connectivity index (χ2n) is 4.75. The molecule has 0 bridgehead atoms. The van der Waals surface area contributed by atoms with E-state index in [0.717, 1.165) is 16.0 Å². The summed E-state index contributed by atoms with van der Waals surface area (Å²) in [5, 5.41) is 7.63. The van der Waals surface area contributed by atoms with Gasteiger partial charge in [0.25, 0.3) is 5.91 Å². The molecular weight excluding hydrogens is 288 g/mol. The minimum atomic E-state index is -0.253. The van der Waals surface area contributed by atoms with E-state index < -0.39 is 0 Å². The summed E-state index contributed by atoms with van der Waals surface area (Å²) >= 11 is 1.41. The number of thiazole rings is 1. The maximum Gasteiger partial charge on any atom is 0.260 e. The lowest BCUT2D eigenvalue weighted by Crippen LogP contribution is -2.15. The Morgan fingerprint density at radius 1 is 1.24 bits per heavy atom. The topological polar surface area (TPSA) is 85.6 Å². The molecule has 0 unspecified atom stereocenters. The normalized spacial score (nSPS) is 11.0. The standard InChI is InChI=1S/C13H14N6OS/c1-6-9(5-14-8(3)15-6)12(20)17-13-16-11-10(21-13)7(2)18-19(11)4/h5H,1-4H3,(H,16,17,20). The predicted octanol–water partition coefficient (Wildman–Crippen LogP) is 2.00. The average molecular weight is 302 g/mol. The molecule has 0 aliphatic heterocycles. The second-order valence-corrected chi connectivity index (χ2v) is 5.75. The van der Waals surface area contributed by atoms with Crippen molar-refractivity contribution >= 4 is 32.7 Å². The molecule has 0 saturated heterocycles. The van der Waals surface area contributed by atoms with Gasteiger partial charge in [0.15, 0.2) is 10.8 Å². The Labute approximate surface area is 125 Å². The number of rotatable bonds is 2. The molecule has 0 atom stereocenters. The molecule has 3 aromatic heterocycles. The van der Waals surface area contributed by atoms with E-state index in [9.17, 15) is 4.79 Å². The van der Waals surface area contributed by atoms with Gasteiger partial charge in [0.2, 0.25) is 0 Å². The van der Waals surface area contributed by atoms with Crippen LogP contribution in [-0.2, 0) is 7.05 Å². The van der Waals surface area contributed by atoms with Gasteiger partial charge in [-0.1, -0.05) is 11.3 Å². The Bertz CT molecular complexity index is 815. The number of hydrogen-bond donors (Lipinski definition) is 1. The second kappa shape index (κ2) is 4.88. The summed E-state index contributed by atoms with van der Waals surface area (Å²) in [4.78, 5) is 24.9. The van der Waals surface area contributed by atoms with Crippen molar-refractivity contribution in [2.45, 2.75) is 20.8 Å². The highest BCUT2D eigenvalue weighted by Gasteiger charge is 2.16. The summed E-state index contributed by atoms with van der Waals surface area (Å²) in [6.45, 7) is 5.50. The number of amides is 1. The van der Waals surface area contributed by atoms with Crippen LogP contribution in [0.25, 0.3) is 10.3 Å². The number of carbonyl (C=O) groups is 1. The summed E-state index contributed by atoms with van der Waals surface area (Å²) < 4.78 is 2.68. The summed E-state index contributed by atoms with van der Waals surface area (Å²) in [6, 6.07) is 0. The van der Waals surface area contributed by atoms with Gasteiger partial charge >= 0.3 is 0 Å². The van der Waals surface area contributed by atoms with Crippen LogP contribution in [0.15, 0.2) is 6.20 Å². The first-order valence-electron chi connectivity index (χ1n) is 6.37. The van der Waals surface area contributed by atoms with E-state index in [1.54, 1.807) is 18.5 Å². The maximum atomic E-state index is 12.3. The molecule has 1 N–H and O–H groups in total. The fourth-order valence-corrected chi connectivity index (χ4v) is 3.04. The lowest BCUT2D eigenvalue weighted by atomic mass is 10.2. The van der Waals surface area contributed by atoms with E-state index in [1.165, 1.54) is 17.5 Å². The summed E-state index contributed by atoms with van der Waals surface area (Å²) in [5.41, 5.74) is 2.78. The number of aromatic nitrogens is 5. The smallest absolute Gasteiger partial charge is 0.260 e. The monoisotopic (exact) mass is 302 g/mol. The lowest BCUT2D eigenvalue weighted by molar-refractivity contribution is 0.102.